The molecule has 1 N–H and O–H groups in total. The second kappa shape index (κ2) is 7.04. The third-order valence-electron chi connectivity index (χ3n) is 4.07. The van der Waals surface area contributed by atoms with Gasteiger partial charge >= 0.3 is 0 Å². The highest BCUT2D eigenvalue weighted by atomic mass is 16.5. The van der Waals surface area contributed by atoms with Crippen molar-refractivity contribution in [2.75, 3.05) is 33.4 Å². The van der Waals surface area contributed by atoms with E-state index in [4.69, 9.17) is 4.74 Å². The number of nitrogens with zero attached hydrogens (tertiary/aromatic N) is 1. The van der Waals surface area contributed by atoms with Gasteiger partial charge in [0.2, 0.25) is 0 Å². The predicted octanol–water partition coefficient (Wildman–Crippen LogP) is 2.37. The van der Waals surface area contributed by atoms with Crippen LogP contribution in [0.15, 0.2) is 24.3 Å². The smallest absolute Gasteiger partial charge is 0.0622 e. The van der Waals surface area contributed by atoms with E-state index >= 15 is 0 Å². The quantitative estimate of drug-likeness (QED) is 0.881. The first-order valence-corrected chi connectivity index (χ1v) is 7.30. The molecule has 1 aliphatic heterocycles. The molecule has 2 rings (SSSR count). The van der Waals surface area contributed by atoms with Crippen LogP contribution >= 0.6 is 0 Å². The molecule has 1 saturated heterocycles. The zero-order chi connectivity index (χ0) is 13.7. The Morgan fingerprint density at radius 1 is 1.37 bits per heavy atom. The Hall–Kier alpha value is -0.900. The van der Waals surface area contributed by atoms with Gasteiger partial charge in [-0.15, -0.1) is 0 Å². The van der Waals surface area contributed by atoms with Crippen LogP contribution in [0.3, 0.4) is 0 Å². The van der Waals surface area contributed by atoms with Crippen LogP contribution in [0, 0.1) is 6.92 Å². The molecule has 1 heterocycles. The largest absolute Gasteiger partial charge is 0.378 e. The number of nitrogens with one attached hydrogen (secondary N) is 1. The van der Waals surface area contributed by atoms with E-state index in [1.54, 1.807) is 0 Å². The molecule has 1 aromatic rings. The van der Waals surface area contributed by atoms with Crippen molar-refractivity contribution >= 4 is 0 Å². The van der Waals surface area contributed by atoms with Crippen LogP contribution in [0.5, 0.6) is 0 Å². The highest BCUT2D eigenvalue weighted by Gasteiger charge is 2.24. The molecule has 0 amide bonds. The first-order valence-electron chi connectivity index (χ1n) is 7.30. The van der Waals surface area contributed by atoms with Crippen LogP contribution in [0.2, 0.25) is 0 Å². The summed E-state index contributed by atoms with van der Waals surface area (Å²) < 4.78 is 5.58. The summed E-state index contributed by atoms with van der Waals surface area (Å²) in [5, 5.41) is 3.45. The van der Waals surface area contributed by atoms with Crippen LogP contribution in [0.4, 0.5) is 0 Å². The molecular weight excluding hydrogens is 236 g/mol. The van der Waals surface area contributed by atoms with Gasteiger partial charge in [0.25, 0.3) is 0 Å². The molecule has 0 aliphatic carbocycles. The number of rotatable bonds is 5. The highest BCUT2D eigenvalue weighted by Crippen LogP contribution is 2.18. The zero-order valence-electron chi connectivity index (χ0n) is 12.4. The minimum atomic E-state index is 0.396. The molecule has 0 radical (unpaired) electrons. The molecule has 106 valence electrons. The van der Waals surface area contributed by atoms with Gasteiger partial charge in [0.1, 0.15) is 0 Å². The van der Waals surface area contributed by atoms with Crippen LogP contribution in [0.25, 0.3) is 0 Å². The summed E-state index contributed by atoms with van der Waals surface area (Å²) in [5.41, 5.74) is 2.69. The number of hydrogen-bond acceptors (Lipinski definition) is 3. The number of morpholine rings is 1. The molecule has 0 spiro atoms. The monoisotopic (exact) mass is 262 g/mol. The van der Waals surface area contributed by atoms with Gasteiger partial charge in [0.05, 0.1) is 13.2 Å². The van der Waals surface area contributed by atoms with E-state index in [2.05, 4.69) is 48.3 Å². The van der Waals surface area contributed by atoms with E-state index < -0.39 is 0 Å². The van der Waals surface area contributed by atoms with Crippen molar-refractivity contribution in [1.82, 2.24) is 10.2 Å². The molecule has 1 aromatic carbocycles. The Bertz CT molecular complexity index is 377. The summed E-state index contributed by atoms with van der Waals surface area (Å²) >= 11 is 0. The fourth-order valence-corrected chi connectivity index (χ4v) is 2.70. The van der Waals surface area contributed by atoms with Gasteiger partial charge in [-0.2, -0.15) is 0 Å². The first-order chi connectivity index (χ1) is 9.24. The average Bonchev–Trinajstić information content (AvgIpc) is 2.46. The Morgan fingerprint density at radius 3 is 2.74 bits per heavy atom. The van der Waals surface area contributed by atoms with E-state index in [0.717, 1.165) is 32.7 Å². The van der Waals surface area contributed by atoms with Crippen LogP contribution < -0.4 is 5.32 Å². The summed E-state index contributed by atoms with van der Waals surface area (Å²) in [5.74, 6) is 0. The molecule has 3 heteroatoms. The predicted molar refractivity (Wildman–Crippen MR) is 79.5 cm³/mol. The van der Waals surface area contributed by atoms with Crippen LogP contribution in [-0.2, 0) is 4.74 Å². The minimum Gasteiger partial charge on any atom is -0.378 e. The second-order valence-electron chi connectivity index (χ2n) is 5.38. The fourth-order valence-electron chi connectivity index (χ4n) is 2.70. The lowest BCUT2D eigenvalue weighted by Crippen LogP contribution is -2.48. The molecule has 0 bridgehead atoms. The number of ether oxygens (including phenoxy) is 1. The van der Waals surface area contributed by atoms with Gasteiger partial charge in [-0.1, -0.05) is 36.8 Å². The van der Waals surface area contributed by atoms with Gasteiger partial charge < -0.3 is 10.1 Å². The number of aryl methyl sites for hydroxylation is 1. The van der Waals surface area contributed by atoms with Gasteiger partial charge in [-0.05, 0) is 26.0 Å². The summed E-state index contributed by atoms with van der Waals surface area (Å²) in [6.07, 6.45) is 1.16. The lowest BCUT2D eigenvalue weighted by Gasteiger charge is -2.37. The van der Waals surface area contributed by atoms with E-state index in [9.17, 15) is 0 Å². The van der Waals surface area contributed by atoms with Crippen molar-refractivity contribution < 1.29 is 4.74 Å². The van der Waals surface area contributed by atoms with E-state index in [1.165, 1.54) is 11.1 Å². The summed E-state index contributed by atoms with van der Waals surface area (Å²) in [6.45, 7) is 8.21. The molecule has 1 fully saturated rings. The number of likely N-dealkylation sites (N-methyl/N-ethyl adjacent to an activating group) is 1. The molecule has 2 unspecified atom stereocenters. The van der Waals surface area contributed by atoms with Crippen molar-refractivity contribution in [2.45, 2.75) is 32.4 Å². The van der Waals surface area contributed by atoms with Crippen LogP contribution in [0.1, 0.15) is 30.5 Å². The lowest BCUT2D eigenvalue weighted by atomic mass is 10.0. The molecule has 1 aliphatic rings. The third kappa shape index (κ3) is 3.78. The van der Waals surface area contributed by atoms with Crippen molar-refractivity contribution in [3.63, 3.8) is 0 Å². The lowest BCUT2D eigenvalue weighted by molar-refractivity contribution is -0.0124. The maximum absolute atomic E-state index is 5.58. The Labute approximate surface area is 116 Å². The maximum atomic E-state index is 5.58. The molecule has 19 heavy (non-hydrogen) atoms. The average molecular weight is 262 g/mol. The number of hydrogen-bond donors (Lipinski definition) is 1. The fraction of sp³-hybridized carbons (Fsp3) is 0.625. The maximum Gasteiger partial charge on any atom is 0.0622 e. The Morgan fingerprint density at radius 2 is 2.11 bits per heavy atom. The van der Waals surface area contributed by atoms with Gasteiger partial charge in [-0.3, -0.25) is 4.90 Å². The van der Waals surface area contributed by atoms with Crippen molar-refractivity contribution in [3.05, 3.63) is 35.4 Å². The molecular formula is C16H26N2O. The van der Waals surface area contributed by atoms with Gasteiger partial charge in [-0.25, -0.2) is 0 Å². The van der Waals surface area contributed by atoms with Crippen molar-refractivity contribution in [2.24, 2.45) is 0 Å². The zero-order valence-corrected chi connectivity index (χ0v) is 12.4. The molecule has 3 nitrogen and oxygen atoms in total. The van der Waals surface area contributed by atoms with E-state index in [0.29, 0.717) is 12.1 Å². The summed E-state index contributed by atoms with van der Waals surface area (Å²) in [4.78, 5) is 2.56. The SMILES string of the molecule is CCC1COCCN1CC(NC)c1ccc(C)cc1. The normalized spacial score (nSPS) is 22.4. The van der Waals surface area contributed by atoms with E-state index in [-0.39, 0.29) is 0 Å². The Balaban J connectivity index is 2.03. The Kier molecular flexibility index (Phi) is 5.37. The molecule has 2 atom stereocenters. The summed E-state index contributed by atoms with van der Waals surface area (Å²) in [6, 6.07) is 9.81. The van der Waals surface area contributed by atoms with Crippen molar-refractivity contribution in [1.29, 1.82) is 0 Å². The number of benzene rings is 1. The van der Waals surface area contributed by atoms with Gasteiger partial charge in [0, 0.05) is 25.2 Å². The van der Waals surface area contributed by atoms with E-state index in [1.807, 2.05) is 7.05 Å². The second-order valence-corrected chi connectivity index (χ2v) is 5.38. The van der Waals surface area contributed by atoms with Gasteiger partial charge in [0.15, 0.2) is 0 Å². The summed E-state index contributed by atoms with van der Waals surface area (Å²) in [7, 11) is 2.05. The first kappa shape index (κ1) is 14.5. The highest BCUT2D eigenvalue weighted by molar-refractivity contribution is 5.24. The third-order valence-corrected chi connectivity index (χ3v) is 4.07. The van der Waals surface area contributed by atoms with Crippen molar-refractivity contribution in [3.8, 4) is 0 Å². The van der Waals surface area contributed by atoms with Crippen LogP contribution in [-0.4, -0.2) is 44.3 Å². The standard InChI is InChI=1S/C16H26N2O/c1-4-15-12-19-10-9-18(15)11-16(17-3)14-7-5-13(2)6-8-14/h5-8,15-17H,4,9-12H2,1-3H3. The minimum absolute atomic E-state index is 0.396. The molecule has 0 aromatic heterocycles. The topological polar surface area (TPSA) is 24.5 Å². The molecule has 0 saturated carbocycles.